The molecule has 2 aliphatic rings. The summed E-state index contributed by atoms with van der Waals surface area (Å²) in [6, 6.07) is 2.13. The van der Waals surface area contributed by atoms with Gasteiger partial charge in [-0.15, -0.1) is 0 Å². The van der Waals surface area contributed by atoms with E-state index in [9.17, 15) is 0 Å². The van der Waals surface area contributed by atoms with Crippen LogP contribution >= 0.6 is 0 Å². The molecular formula is C14H20BNO3. The van der Waals surface area contributed by atoms with Crippen LogP contribution in [0.15, 0.2) is 18.5 Å². The summed E-state index contributed by atoms with van der Waals surface area (Å²) in [5.74, 6) is 0.467. The third-order valence-corrected chi connectivity index (χ3v) is 4.42. The van der Waals surface area contributed by atoms with Gasteiger partial charge in [-0.3, -0.25) is 4.98 Å². The third kappa shape index (κ3) is 2.20. The summed E-state index contributed by atoms with van der Waals surface area (Å²) in [4.78, 5) is 4.31. The molecule has 4 nitrogen and oxygen atoms in total. The number of hydrogen-bond donors (Lipinski definition) is 0. The molecule has 3 rings (SSSR count). The first-order chi connectivity index (χ1) is 8.89. The topological polar surface area (TPSA) is 40.6 Å². The lowest BCUT2D eigenvalue weighted by molar-refractivity contribution is 0.00578. The highest BCUT2D eigenvalue weighted by molar-refractivity contribution is 6.62. The number of rotatable bonds is 2. The lowest BCUT2D eigenvalue weighted by Crippen LogP contribution is -2.41. The number of hydrogen-bond acceptors (Lipinski definition) is 4. The fourth-order valence-electron chi connectivity index (χ4n) is 2.24. The van der Waals surface area contributed by atoms with Gasteiger partial charge in [0.25, 0.3) is 0 Å². The Balaban J connectivity index is 1.83. The van der Waals surface area contributed by atoms with Crippen LogP contribution in [0.4, 0.5) is 0 Å². The largest absolute Gasteiger partial charge is 0.496 e. The molecule has 0 radical (unpaired) electrons. The Bertz CT molecular complexity index is 469. The van der Waals surface area contributed by atoms with E-state index in [1.54, 1.807) is 0 Å². The number of pyridine rings is 1. The van der Waals surface area contributed by atoms with Crippen LogP contribution in [0.5, 0.6) is 0 Å². The van der Waals surface area contributed by atoms with Crippen molar-refractivity contribution >= 4 is 12.6 Å². The molecule has 3 heterocycles. The minimum absolute atomic E-state index is 0.312. The van der Waals surface area contributed by atoms with Gasteiger partial charge in [-0.25, -0.2) is 0 Å². The SMILES string of the molecule is CC1(C)OB(c2cncc(C3COC3)c2)OC1(C)C. The van der Waals surface area contributed by atoms with E-state index in [0.717, 1.165) is 18.7 Å². The van der Waals surface area contributed by atoms with Gasteiger partial charge in [0.05, 0.1) is 24.4 Å². The summed E-state index contributed by atoms with van der Waals surface area (Å²) in [6.07, 6.45) is 3.73. The average Bonchev–Trinajstić information content (AvgIpc) is 2.46. The molecule has 2 saturated heterocycles. The van der Waals surface area contributed by atoms with Gasteiger partial charge < -0.3 is 14.0 Å². The van der Waals surface area contributed by atoms with E-state index in [-0.39, 0.29) is 18.3 Å². The van der Waals surface area contributed by atoms with Crippen molar-refractivity contribution in [2.75, 3.05) is 13.2 Å². The van der Waals surface area contributed by atoms with Gasteiger partial charge in [-0.05, 0) is 33.3 Å². The lowest BCUT2D eigenvalue weighted by Gasteiger charge is -2.32. The van der Waals surface area contributed by atoms with Gasteiger partial charge in [0.1, 0.15) is 0 Å². The molecule has 0 atom stereocenters. The van der Waals surface area contributed by atoms with E-state index >= 15 is 0 Å². The minimum Gasteiger partial charge on any atom is -0.399 e. The standard InChI is InChI=1S/C14H20BNO3/c1-13(2)14(3,4)19-15(18-13)12-5-10(6-16-7-12)11-8-17-9-11/h5-7,11H,8-9H2,1-4H3. The Labute approximate surface area is 114 Å². The molecule has 0 bridgehead atoms. The quantitative estimate of drug-likeness (QED) is 0.756. The summed E-state index contributed by atoms with van der Waals surface area (Å²) in [7, 11) is -0.335. The second-order valence-electron chi connectivity index (χ2n) is 6.37. The zero-order valence-electron chi connectivity index (χ0n) is 12.0. The summed E-state index contributed by atoms with van der Waals surface area (Å²) >= 11 is 0. The molecule has 1 aromatic heterocycles. The van der Waals surface area contributed by atoms with Crippen LogP contribution < -0.4 is 5.46 Å². The van der Waals surface area contributed by atoms with Crippen LogP contribution in [-0.2, 0) is 14.0 Å². The predicted molar refractivity (Wildman–Crippen MR) is 73.5 cm³/mol. The molecule has 0 unspecified atom stereocenters. The second kappa shape index (κ2) is 4.30. The van der Waals surface area contributed by atoms with Crippen LogP contribution in [0.2, 0.25) is 0 Å². The maximum atomic E-state index is 6.04. The van der Waals surface area contributed by atoms with Gasteiger partial charge >= 0.3 is 7.12 Å². The summed E-state index contributed by atoms with van der Waals surface area (Å²) < 4.78 is 17.3. The Morgan fingerprint density at radius 3 is 2.26 bits per heavy atom. The minimum atomic E-state index is -0.335. The first kappa shape index (κ1) is 13.1. The number of ether oxygens (including phenoxy) is 1. The van der Waals surface area contributed by atoms with Crippen LogP contribution in [0.3, 0.4) is 0 Å². The molecular weight excluding hydrogens is 241 g/mol. The average molecular weight is 261 g/mol. The Kier molecular flexibility index (Phi) is 2.96. The van der Waals surface area contributed by atoms with Crippen LogP contribution in [-0.4, -0.2) is 36.5 Å². The highest BCUT2D eigenvalue weighted by Crippen LogP contribution is 2.36. The van der Waals surface area contributed by atoms with Crippen molar-refractivity contribution in [3.05, 3.63) is 24.0 Å². The molecule has 2 aliphatic heterocycles. The van der Waals surface area contributed by atoms with E-state index in [2.05, 4.69) is 38.7 Å². The van der Waals surface area contributed by atoms with Gasteiger partial charge in [-0.1, -0.05) is 6.07 Å². The smallest absolute Gasteiger partial charge is 0.399 e. The zero-order valence-corrected chi connectivity index (χ0v) is 12.0. The molecule has 2 fully saturated rings. The van der Waals surface area contributed by atoms with Gasteiger partial charge in [-0.2, -0.15) is 0 Å². The van der Waals surface area contributed by atoms with Crippen LogP contribution in [0.25, 0.3) is 0 Å². The normalized spacial score (nSPS) is 25.4. The van der Waals surface area contributed by atoms with Crippen molar-refractivity contribution in [1.29, 1.82) is 0 Å². The maximum Gasteiger partial charge on any atom is 0.496 e. The Morgan fingerprint density at radius 1 is 1.11 bits per heavy atom. The van der Waals surface area contributed by atoms with Crippen LogP contribution in [0, 0.1) is 0 Å². The van der Waals surface area contributed by atoms with Gasteiger partial charge in [0.2, 0.25) is 0 Å². The fourth-order valence-corrected chi connectivity index (χ4v) is 2.24. The van der Waals surface area contributed by atoms with E-state index in [4.69, 9.17) is 14.0 Å². The Hall–Kier alpha value is -0.905. The molecule has 19 heavy (non-hydrogen) atoms. The van der Waals surface area contributed by atoms with E-state index in [0.29, 0.717) is 5.92 Å². The number of aromatic nitrogens is 1. The fraction of sp³-hybridized carbons (Fsp3) is 0.643. The Morgan fingerprint density at radius 2 is 1.74 bits per heavy atom. The van der Waals surface area contributed by atoms with Crippen molar-refractivity contribution < 1.29 is 14.0 Å². The first-order valence-electron chi connectivity index (χ1n) is 6.77. The molecule has 0 saturated carbocycles. The van der Waals surface area contributed by atoms with Crippen molar-refractivity contribution in [1.82, 2.24) is 4.98 Å². The van der Waals surface area contributed by atoms with E-state index in [1.807, 2.05) is 12.4 Å². The second-order valence-corrected chi connectivity index (χ2v) is 6.37. The molecule has 5 heteroatoms. The van der Waals surface area contributed by atoms with Gasteiger partial charge in [0.15, 0.2) is 0 Å². The first-order valence-corrected chi connectivity index (χ1v) is 6.77. The number of nitrogens with zero attached hydrogens (tertiary/aromatic N) is 1. The van der Waals surface area contributed by atoms with Crippen molar-refractivity contribution in [3.8, 4) is 0 Å². The molecule has 0 aliphatic carbocycles. The monoisotopic (exact) mass is 261 g/mol. The summed E-state index contributed by atoms with van der Waals surface area (Å²) in [5, 5.41) is 0. The predicted octanol–water partition coefficient (Wildman–Crippen LogP) is 1.49. The van der Waals surface area contributed by atoms with Crippen molar-refractivity contribution in [3.63, 3.8) is 0 Å². The highest BCUT2D eigenvalue weighted by Gasteiger charge is 2.51. The molecule has 0 N–H and O–H groups in total. The van der Waals surface area contributed by atoms with Crippen molar-refractivity contribution in [2.45, 2.75) is 44.8 Å². The van der Waals surface area contributed by atoms with Crippen molar-refractivity contribution in [2.24, 2.45) is 0 Å². The molecule has 0 amide bonds. The summed E-state index contributed by atoms with van der Waals surface area (Å²) in [6.45, 7) is 9.81. The molecule has 0 spiro atoms. The maximum absolute atomic E-state index is 6.04. The van der Waals surface area contributed by atoms with E-state index in [1.165, 1.54) is 5.56 Å². The van der Waals surface area contributed by atoms with Crippen LogP contribution in [0.1, 0.15) is 39.2 Å². The summed E-state index contributed by atoms with van der Waals surface area (Å²) in [5.41, 5.74) is 1.57. The molecule has 0 aromatic carbocycles. The lowest BCUT2D eigenvalue weighted by atomic mass is 9.78. The zero-order chi connectivity index (χ0) is 13.7. The molecule has 102 valence electrons. The highest BCUT2D eigenvalue weighted by atomic mass is 16.7. The van der Waals surface area contributed by atoms with Gasteiger partial charge in [0, 0.05) is 23.8 Å². The van der Waals surface area contributed by atoms with E-state index < -0.39 is 0 Å². The third-order valence-electron chi connectivity index (χ3n) is 4.42. The molecule has 1 aromatic rings.